The van der Waals surface area contributed by atoms with E-state index >= 15 is 0 Å². The molecule has 1 atom stereocenters. The van der Waals surface area contributed by atoms with Gasteiger partial charge in [-0.05, 0) is 92.5 Å². The average Bonchev–Trinajstić information content (AvgIpc) is 3.09. The Hall–Kier alpha value is -3.35. The maximum Gasteiger partial charge on any atom is 0.266 e. The Kier molecular flexibility index (Phi) is 6.16. The number of nitrogens with one attached hydrogen (secondary N) is 1. The lowest BCUT2D eigenvalue weighted by Gasteiger charge is -2.15. The quantitative estimate of drug-likeness (QED) is 0.632. The minimum absolute atomic E-state index is 0.0862. The summed E-state index contributed by atoms with van der Waals surface area (Å²) in [7, 11) is 0. The first kappa shape index (κ1) is 20.4. The van der Waals surface area contributed by atoms with Crippen LogP contribution >= 0.6 is 0 Å². The fourth-order valence-corrected chi connectivity index (χ4v) is 2.90. The molecule has 0 radical (unpaired) electrons. The molecule has 0 unspecified atom stereocenters. The number of nitrogens with zero attached hydrogens (tertiary/aromatic N) is 2. The molecule has 0 saturated carbocycles. The van der Waals surface area contributed by atoms with Crippen molar-refractivity contribution >= 4 is 11.7 Å². The van der Waals surface area contributed by atoms with Crippen molar-refractivity contribution in [1.29, 1.82) is 0 Å². The summed E-state index contributed by atoms with van der Waals surface area (Å²) >= 11 is 0. The Labute approximate surface area is 170 Å². The van der Waals surface area contributed by atoms with Crippen molar-refractivity contribution in [3.63, 3.8) is 0 Å². The van der Waals surface area contributed by atoms with Crippen LogP contribution in [-0.2, 0) is 4.79 Å². The molecule has 0 saturated heterocycles. The van der Waals surface area contributed by atoms with Crippen LogP contribution < -0.4 is 14.8 Å². The van der Waals surface area contributed by atoms with Gasteiger partial charge in [0.05, 0.1) is 6.10 Å². The van der Waals surface area contributed by atoms with Crippen molar-refractivity contribution in [2.24, 2.45) is 0 Å². The van der Waals surface area contributed by atoms with Crippen molar-refractivity contribution in [2.75, 3.05) is 5.32 Å². The lowest BCUT2D eigenvalue weighted by Crippen LogP contribution is -2.30. The molecule has 7 nitrogen and oxygen atoms in total. The zero-order chi connectivity index (χ0) is 21.0. The van der Waals surface area contributed by atoms with Crippen molar-refractivity contribution in [3.8, 4) is 22.8 Å². The summed E-state index contributed by atoms with van der Waals surface area (Å²) in [6, 6.07) is 13.2. The van der Waals surface area contributed by atoms with E-state index in [9.17, 15) is 4.79 Å². The number of hydrogen-bond acceptors (Lipinski definition) is 6. The molecule has 0 aliphatic heterocycles. The molecule has 1 heterocycles. The molecule has 3 aromatic rings. The number of hydrogen-bond donors (Lipinski definition) is 1. The second kappa shape index (κ2) is 8.77. The van der Waals surface area contributed by atoms with Crippen LogP contribution in [0.3, 0.4) is 0 Å². The summed E-state index contributed by atoms with van der Waals surface area (Å²) in [6.45, 7) is 9.57. The molecule has 1 N–H and O–H groups in total. The van der Waals surface area contributed by atoms with Gasteiger partial charge in [-0.25, -0.2) is 4.63 Å². The monoisotopic (exact) mass is 395 g/mol. The van der Waals surface area contributed by atoms with Crippen LogP contribution in [0.2, 0.25) is 0 Å². The van der Waals surface area contributed by atoms with Crippen LogP contribution in [0.15, 0.2) is 47.1 Å². The molecule has 3 rings (SSSR count). The van der Waals surface area contributed by atoms with E-state index < -0.39 is 6.10 Å². The fourth-order valence-electron chi connectivity index (χ4n) is 2.90. The second-order valence-electron chi connectivity index (χ2n) is 7.23. The molecular formula is C22H25N3O4. The van der Waals surface area contributed by atoms with Crippen molar-refractivity contribution in [1.82, 2.24) is 10.3 Å². The molecule has 0 aliphatic rings. The summed E-state index contributed by atoms with van der Waals surface area (Å²) < 4.78 is 16.3. The second-order valence-corrected chi connectivity index (χ2v) is 7.23. The highest BCUT2D eigenvalue weighted by molar-refractivity contribution is 5.96. The minimum atomic E-state index is -0.720. The largest absolute Gasteiger partial charge is 0.491 e. The highest BCUT2D eigenvalue weighted by atomic mass is 16.6. The number of carbonyl (C=O) groups excluding carboxylic acids is 1. The maximum absolute atomic E-state index is 12.6. The number of aryl methyl sites for hydroxylation is 2. The third kappa shape index (κ3) is 5.34. The Morgan fingerprint density at radius 2 is 1.59 bits per heavy atom. The van der Waals surface area contributed by atoms with E-state index in [2.05, 4.69) is 15.6 Å². The van der Waals surface area contributed by atoms with Gasteiger partial charge in [0.1, 0.15) is 11.5 Å². The number of amides is 1. The van der Waals surface area contributed by atoms with Gasteiger partial charge in [-0.15, -0.1) is 0 Å². The standard InChI is InChI=1S/C22H25N3O4/c1-13(2)27-18-8-6-17(7-9-18)20-21(25-29-24-20)23-22(26)16(5)28-19-11-14(3)10-15(4)12-19/h6-13,16H,1-5H3,(H,23,25,26)/t16-/m1/s1. The SMILES string of the molecule is Cc1cc(C)cc(O[C@H](C)C(=O)Nc2nonc2-c2ccc(OC(C)C)cc2)c1. The molecule has 0 fully saturated rings. The van der Waals surface area contributed by atoms with Gasteiger partial charge < -0.3 is 14.8 Å². The van der Waals surface area contributed by atoms with Crippen molar-refractivity contribution in [3.05, 3.63) is 53.6 Å². The van der Waals surface area contributed by atoms with E-state index in [1.165, 1.54) is 0 Å². The summed E-state index contributed by atoms with van der Waals surface area (Å²) in [6.07, 6.45) is -0.634. The summed E-state index contributed by atoms with van der Waals surface area (Å²) in [5.41, 5.74) is 3.33. The normalized spacial score (nSPS) is 11.9. The van der Waals surface area contributed by atoms with Crippen LogP contribution in [0.1, 0.15) is 31.9 Å². The van der Waals surface area contributed by atoms with Gasteiger partial charge >= 0.3 is 0 Å². The molecule has 7 heteroatoms. The van der Waals surface area contributed by atoms with E-state index in [0.717, 1.165) is 22.4 Å². The molecule has 29 heavy (non-hydrogen) atoms. The Balaban J connectivity index is 1.69. The molecule has 0 aliphatic carbocycles. The third-order valence-corrected chi connectivity index (χ3v) is 4.11. The number of rotatable bonds is 7. The summed E-state index contributed by atoms with van der Waals surface area (Å²) in [5, 5.41) is 10.5. The van der Waals surface area contributed by atoms with Crippen LogP contribution in [-0.4, -0.2) is 28.4 Å². The van der Waals surface area contributed by atoms with Crippen LogP contribution in [0, 0.1) is 13.8 Å². The molecule has 2 aromatic carbocycles. The van der Waals surface area contributed by atoms with Gasteiger partial charge in [0, 0.05) is 5.56 Å². The summed E-state index contributed by atoms with van der Waals surface area (Å²) in [5.74, 6) is 1.29. The zero-order valence-corrected chi connectivity index (χ0v) is 17.2. The molecule has 1 aromatic heterocycles. The lowest BCUT2D eigenvalue weighted by atomic mass is 10.1. The Morgan fingerprint density at radius 1 is 0.931 bits per heavy atom. The van der Waals surface area contributed by atoms with Crippen molar-refractivity contribution in [2.45, 2.75) is 46.8 Å². The van der Waals surface area contributed by atoms with Gasteiger partial charge in [-0.1, -0.05) is 6.07 Å². The highest BCUT2D eigenvalue weighted by Crippen LogP contribution is 2.27. The van der Waals surface area contributed by atoms with Crippen LogP contribution in [0.4, 0.5) is 5.82 Å². The van der Waals surface area contributed by atoms with Gasteiger partial charge in [0.25, 0.3) is 5.91 Å². The number of benzene rings is 2. The molecule has 152 valence electrons. The Morgan fingerprint density at radius 3 is 2.21 bits per heavy atom. The zero-order valence-electron chi connectivity index (χ0n) is 17.2. The molecule has 0 bridgehead atoms. The van der Waals surface area contributed by atoms with E-state index in [0.29, 0.717) is 11.4 Å². The topological polar surface area (TPSA) is 86.5 Å². The molecule has 1 amide bonds. The van der Waals surface area contributed by atoms with Crippen LogP contribution in [0.25, 0.3) is 11.3 Å². The first-order chi connectivity index (χ1) is 13.8. The van der Waals surface area contributed by atoms with Gasteiger partial charge in [-0.2, -0.15) is 0 Å². The average molecular weight is 395 g/mol. The predicted molar refractivity (Wildman–Crippen MR) is 110 cm³/mol. The minimum Gasteiger partial charge on any atom is -0.491 e. The lowest BCUT2D eigenvalue weighted by molar-refractivity contribution is -0.122. The van der Waals surface area contributed by atoms with Gasteiger partial charge in [-0.3, -0.25) is 4.79 Å². The Bertz CT molecular complexity index is 960. The highest BCUT2D eigenvalue weighted by Gasteiger charge is 2.20. The smallest absolute Gasteiger partial charge is 0.266 e. The van der Waals surface area contributed by atoms with E-state index in [4.69, 9.17) is 14.1 Å². The number of anilines is 1. The number of carbonyl (C=O) groups is 1. The first-order valence-corrected chi connectivity index (χ1v) is 9.47. The predicted octanol–water partition coefficient (Wildman–Crippen LogP) is 4.55. The van der Waals surface area contributed by atoms with E-state index in [1.54, 1.807) is 6.92 Å². The number of ether oxygens (including phenoxy) is 2. The molecule has 0 spiro atoms. The van der Waals surface area contributed by atoms with Crippen molar-refractivity contribution < 1.29 is 18.9 Å². The van der Waals surface area contributed by atoms with Crippen LogP contribution in [0.5, 0.6) is 11.5 Å². The number of aromatic nitrogens is 2. The first-order valence-electron chi connectivity index (χ1n) is 9.47. The summed E-state index contributed by atoms with van der Waals surface area (Å²) in [4.78, 5) is 12.6. The third-order valence-electron chi connectivity index (χ3n) is 4.11. The fraction of sp³-hybridized carbons (Fsp3) is 0.318. The van der Waals surface area contributed by atoms with Gasteiger partial charge in [0.15, 0.2) is 11.8 Å². The molecular weight excluding hydrogens is 370 g/mol. The van der Waals surface area contributed by atoms with E-state index in [-0.39, 0.29) is 17.8 Å². The van der Waals surface area contributed by atoms with E-state index in [1.807, 2.05) is 70.2 Å². The maximum atomic E-state index is 12.6. The van der Waals surface area contributed by atoms with Gasteiger partial charge in [0.2, 0.25) is 5.82 Å².